The summed E-state index contributed by atoms with van der Waals surface area (Å²) in [5, 5.41) is 11.4. The molecular weight excluding hydrogens is 384 g/mol. The summed E-state index contributed by atoms with van der Waals surface area (Å²) in [6.07, 6.45) is 2.70. The Morgan fingerprint density at radius 3 is 2.55 bits per heavy atom. The Morgan fingerprint density at radius 2 is 1.74 bits per heavy atom. The highest BCUT2D eigenvalue weighted by atomic mass is 16.5. The largest absolute Gasteiger partial charge is 0.438 e. The smallest absolute Gasteiger partial charge is 0.228 e. The molecule has 0 aliphatic carbocycles. The van der Waals surface area contributed by atoms with E-state index in [-0.39, 0.29) is 5.92 Å². The number of hydrogen-bond acceptors (Lipinski definition) is 4. The summed E-state index contributed by atoms with van der Waals surface area (Å²) in [7, 11) is 4.14. The van der Waals surface area contributed by atoms with Gasteiger partial charge in [-0.2, -0.15) is 0 Å². The van der Waals surface area contributed by atoms with E-state index < -0.39 is 0 Å². The number of nitrogens with one attached hydrogen (secondary N) is 1. The van der Waals surface area contributed by atoms with Crippen molar-refractivity contribution in [2.75, 3.05) is 20.6 Å². The van der Waals surface area contributed by atoms with Crippen LogP contribution in [0, 0.1) is 5.41 Å². The lowest BCUT2D eigenvalue weighted by molar-refractivity contribution is 0.379. The average molecular weight is 411 g/mol. The zero-order valence-corrected chi connectivity index (χ0v) is 17.9. The molecule has 0 saturated heterocycles. The molecule has 156 valence electrons. The molecule has 0 bridgehead atoms. The van der Waals surface area contributed by atoms with Crippen LogP contribution in [0.25, 0.3) is 10.8 Å². The summed E-state index contributed by atoms with van der Waals surface area (Å²) < 4.78 is 8.21. The van der Waals surface area contributed by atoms with Crippen molar-refractivity contribution in [2.24, 2.45) is 0 Å². The second-order valence-corrected chi connectivity index (χ2v) is 8.31. The third kappa shape index (κ3) is 3.51. The Morgan fingerprint density at radius 1 is 0.968 bits per heavy atom. The highest BCUT2D eigenvalue weighted by molar-refractivity contribution is 5.90. The van der Waals surface area contributed by atoms with Crippen LogP contribution in [0.15, 0.2) is 73.1 Å². The van der Waals surface area contributed by atoms with E-state index in [0.29, 0.717) is 11.4 Å². The lowest BCUT2D eigenvalue weighted by atomic mass is 9.81. The van der Waals surface area contributed by atoms with E-state index in [2.05, 4.69) is 78.6 Å². The van der Waals surface area contributed by atoms with Gasteiger partial charge in [0.25, 0.3) is 0 Å². The average Bonchev–Trinajstić information content (AvgIpc) is 2.79. The first kappa shape index (κ1) is 19.5. The summed E-state index contributed by atoms with van der Waals surface area (Å²) in [6, 6.07) is 22.9. The van der Waals surface area contributed by atoms with Crippen molar-refractivity contribution in [2.45, 2.75) is 18.9 Å². The molecule has 3 aromatic carbocycles. The monoisotopic (exact) mass is 410 g/mol. The first-order valence-corrected chi connectivity index (χ1v) is 10.7. The Kier molecular flexibility index (Phi) is 5.04. The van der Waals surface area contributed by atoms with Gasteiger partial charge in [0, 0.05) is 18.0 Å². The van der Waals surface area contributed by atoms with Crippen LogP contribution in [-0.4, -0.2) is 35.1 Å². The zero-order valence-electron chi connectivity index (χ0n) is 17.9. The molecule has 1 aromatic heterocycles. The molecule has 1 N–H and O–H groups in total. The molecule has 0 radical (unpaired) electrons. The van der Waals surface area contributed by atoms with Crippen molar-refractivity contribution >= 4 is 10.8 Å². The molecule has 4 aromatic rings. The number of nitrogens with zero attached hydrogens (tertiary/aromatic N) is 3. The molecule has 5 heteroatoms. The van der Waals surface area contributed by atoms with Crippen molar-refractivity contribution < 1.29 is 4.74 Å². The van der Waals surface area contributed by atoms with E-state index in [4.69, 9.17) is 10.1 Å². The predicted octanol–water partition coefficient (Wildman–Crippen LogP) is 4.75. The molecule has 1 unspecified atom stereocenters. The Hall–Kier alpha value is -3.44. The first-order valence-electron chi connectivity index (χ1n) is 10.7. The van der Waals surface area contributed by atoms with Crippen molar-refractivity contribution in [1.82, 2.24) is 14.5 Å². The van der Waals surface area contributed by atoms with Gasteiger partial charge in [0.1, 0.15) is 17.6 Å². The minimum atomic E-state index is -0.104. The number of hydrogen-bond donors (Lipinski definition) is 1. The molecule has 5 rings (SSSR count). The second-order valence-electron chi connectivity index (χ2n) is 8.31. The maximum Gasteiger partial charge on any atom is 0.228 e. The van der Waals surface area contributed by atoms with Gasteiger partial charge >= 0.3 is 0 Å². The molecule has 0 saturated carbocycles. The number of aryl methyl sites for hydroxylation is 1. The van der Waals surface area contributed by atoms with Gasteiger partial charge in [0.15, 0.2) is 0 Å². The Labute approximate surface area is 182 Å². The van der Waals surface area contributed by atoms with E-state index in [1.54, 1.807) is 6.33 Å². The van der Waals surface area contributed by atoms with Crippen molar-refractivity contribution in [3.8, 4) is 11.6 Å². The summed E-state index contributed by atoms with van der Waals surface area (Å²) >= 11 is 0. The van der Waals surface area contributed by atoms with Gasteiger partial charge in [-0.15, -0.1) is 0 Å². The third-order valence-electron chi connectivity index (χ3n) is 5.94. The van der Waals surface area contributed by atoms with E-state index in [1.165, 1.54) is 5.39 Å². The van der Waals surface area contributed by atoms with Crippen LogP contribution in [0.1, 0.15) is 29.0 Å². The fourth-order valence-corrected chi connectivity index (χ4v) is 4.46. The van der Waals surface area contributed by atoms with Gasteiger partial charge < -0.3 is 14.2 Å². The van der Waals surface area contributed by atoms with E-state index in [9.17, 15) is 0 Å². The van der Waals surface area contributed by atoms with Gasteiger partial charge in [-0.25, -0.2) is 4.98 Å². The maximum absolute atomic E-state index is 9.07. The standard InChI is InChI=1S/C26H26N4O/c1-29(2)15-8-16-30-17-28-26-24(25(30)27)22(19-10-4-3-5-11-19)23-20-12-7-6-9-18(20)13-14-21(23)31-26/h3-7,9-14,17,22,27H,8,15-16H2,1-2H3. The van der Waals surface area contributed by atoms with Crippen LogP contribution >= 0.6 is 0 Å². The summed E-state index contributed by atoms with van der Waals surface area (Å²) in [5.74, 6) is 1.25. The zero-order chi connectivity index (χ0) is 21.4. The lowest BCUT2D eigenvalue weighted by Crippen LogP contribution is -2.30. The van der Waals surface area contributed by atoms with Gasteiger partial charge in [-0.3, -0.25) is 5.41 Å². The molecule has 5 nitrogen and oxygen atoms in total. The quantitative estimate of drug-likeness (QED) is 0.455. The molecule has 1 aliphatic rings. The normalized spacial score (nSPS) is 14.9. The second kappa shape index (κ2) is 8.00. The highest BCUT2D eigenvalue weighted by Crippen LogP contribution is 2.47. The first-order chi connectivity index (χ1) is 15.1. The fourth-order valence-electron chi connectivity index (χ4n) is 4.46. The molecule has 31 heavy (non-hydrogen) atoms. The van der Waals surface area contributed by atoms with Gasteiger partial charge in [-0.1, -0.05) is 60.7 Å². The van der Waals surface area contributed by atoms with E-state index in [1.807, 2.05) is 16.7 Å². The summed E-state index contributed by atoms with van der Waals surface area (Å²) in [4.78, 5) is 6.80. The lowest BCUT2D eigenvalue weighted by Gasteiger charge is -2.29. The topological polar surface area (TPSA) is 54.1 Å². The van der Waals surface area contributed by atoms with Gasteiger partial charge in [-0.05, 0) is 49.5 Å². The minimum Gasteiger partial charge on any atom is -0.438 e. The summed E-state index contributed by atoms with van der Waals surface area (Å²) in [5.41, 5.74) is 3.56. The SMILES string of the molecule is CN(C)CCCn1cnc2c(c1=N)C(c1ccccc1)c1c(ccc3ccccc13)O2. The van der Waals surface area contributed by atoms with Crippen molar-refractivity contribution in [3.63, 3.8) is 0 Å². The van der Waals surface area contributed by atoms with Crippen LogP contribution < -0.4 is 10.2 Å². The Bertz CT molecular complexity index is 1290. The molecule has 0 amide bonds. The molecular formula is C26H26N4O. The van der Waals surface area contributed by atoms with Crippen LogP contribution in [0.4, 0.5) is 0 Å². The number of ether oxygens (including phenoxy) is 1. The van der Waals surface area contributed by atoms with Crippen LogP contribution in [-0.2, 0) is 6.54 Å². The predicted molar refractivity (Wildman–Crippen MR) is 123 cm³/mol. The Balaban J connectivity index is 1.72. The van der Waals surface area contributed by atoms with Crippen LogP contribution in [0.3, 0.4) is 0 Å². The number of fused-ring (bicyclic) bond motifs is 4. The fraction of sp³-hybridized carbons (Fsp3) is 0.231. The number of aromatic nitrogens is 2. The minimum absolute atomic E-state index is 0.104. The van der Waals surface area contributed by atoms with Crippen molar-refractivity contribution in [1.29, 1.82) is 5.41 Å². The third-order valence-corrected chi connectivity index (χ3v) is 5.94. The summed E-state index contributed by atoms with van der Waals surface area (Å²) in [6.45, 7) is 1.72. The van der Waals surface area contributed by atoms with Crippen LogP contribution in [0.5, 0.6) is 11.6 Å². The maximum atomic E-state index is 9.07. The molecule has 2 heterocycles. The number of benzene rings is 3. The van der Waals surface area contributed by atoms with Crippen LogP contribution in [0.2, 0.25) is 0 Å². The molecule has 1 atom stereocenters. The highest BCUT2D eigenvalue weighted by Gasteiger charge is 2.33. The van der Waals surface area contributed by atoms with Gasteiger partial charge in [0.05, 0.1) is 5.56 Å². The van der Waals surface area contributed by atoms with E-state index >= 15 is 0 Å². The van der Waals surface area contributed by atoms with Crippen molar-refractivity contribution in [3.05, 3.63) is 95.2 Å². The van der Waals surface area contributed by atoms with E-state index in [0.717, 1.165) is 47.3 Å². The molecule has 0 fully saturated rings. The number of rotatable bonds is 5. The molecule has 0 spiro atoms. The van der Waals surface area contributed by atoms with Gasteiger partial charge in [0.2, 0.25) is 5.88 Å². The molecule has 1 aliphatic heterocycles.